The monoisotopic (exact) mass is 255 g/mol. The topological polar surface area (TPSA) is 12.0 Å². The minimum absolute atomic E-state index is 0.520. The van der Waals surface area contributed by atoms with Crippen LogP contribution in [0.4, 0.5) is 0 Å². The fourth-order valence-electron chi connectivity index (χ4n) is 1.05. The molecule has 3 heteroatoms. The molecular formula is C6H11Br2N. The summed E-state index contributed by atoms with van der Waals surface area (Å²) in [6, 6.07) is 0. The number of alkyl halides is 2. The van der Waals surface area contributed by atoms with Crippen molar-refractivity contribution < 1.29 is 0 Å². The van der Waals surface area contributed by atoms with Gasteiger partial charge >= 0.3 is 0 Å². The lowest BCUT2D eigenvalue weighted by molar-refractivity contribution is 0.395. The van der Waals surface area contributed by atoms with Crippen LogP contribution in [-0.4, -0.2) is 16.3 Å². The summed E-state index contributed by atoms with van der Waals surface area (Å²) in [5.41, 5.74) is 0. The van der Waals surface area contributed by atoms with Gasteiger partial charge in [-0.15, -0.1) is 0 Å². The van der Waals surface area contributed by atoms with E-state index >= 15 is 0 Å². The van der Waals surface area contributed by atoms with E-state index < -0.39 is 0 Å². The molecule has 3 unspecified atom stereocenters. The lowest BCUT2D eigenvalue weighted by Crippen LogP contribution is -2.40. The van der Waals surface area contributed by atoms with E-state index in [1.807, 2.05) is 0 Å². The third kappa shape index (κ3) is 2.20. The minimum Gasteiger partial charge on any atom is -0.303 e. The molecule has 54 valence electrons. The van der Waals surface area contributed by atoms with Gasteiger partial charge in [0.15, 0.2) is 0 Å². The predicted molar refractivity (Wildman–Crippen MR) is 47.2 cm³/mol. The Hall–Kier alpha value is 0.920. The van der Waals surface area contributed by atoms with Gasteiger partial charge in [0.25, 0.3) is 0 Å². The molecule has 0 amide bonds. The molecule has 1 heterocycles. The second-order valence-electron chi connectivity index (χ2n) is 2.62. The van der Waals surface area contributed by atoms with Gasteiger partial charge in [0.1, 0.15) is 0 Å². The number of hydrogen-bond donors (Lipinski definition) is 1. The zero-order chi connectivity index (χ0) is 6.85. The molecule has 1 aliphatic heterocycles. The molecule has 0 radical (unpaired) electrons. The lowest BCUT2D eigenvalue weighted by Gasteiger charge is -2.28. The van der Waals surface area contributed by atoms with Crippen LogP contribution in [-0.2, 0) is 0 Å². The van der Waals surface area contributed by atoms with Crippen molar-refractivity contribution in [1.82, 2.24) is 5.32 Å². The summed E-state index contributed by atoms with van der Waals surface area (Å²) in [6.07, 6.45) is 1.27. The van der Waals surface area contributed by atoms with Gasteiger partial charge in [0.2, 0.25) is 0 Å². The van der Waals surface area contributed by atoms with Crippen LogP contribution in [0.15, 0.2) is 0 Å². The fourth-order valence-corrected chi connectivity index (χ4v) is 2.23. The number of hydrogen-bond acceptors (Lipinski definition) is 1. The maximum atomic E-state index is 3.57. The van der Waals surface area contributed by atoms with Gasteiger partial charge in [-0.25, -0.2) is 0 Å². The van der Waals surface area contributed by atoms with E-state index in [0.29, 0.717) is 9.78 Å². The van der Waals surface area contributed by atoms with Gasteiger partial charge < -0.3 is 5.32 Å². The Morgan fingerprint density at radius 3 is 2.56 bits per heavy atom. The molecule has 1 fully saturated rings. The van der Waals surface area contributed by atoms with E-state index in [1.165, 1.54) is 6.42 Å². The smallest absolute Gasteiger partial charge is 0.0657 e. The van der Waals surface area contributed by atoms with E-state index in [0.717, 1.165) is 12.5 Å². The van der Waals surface area contributed by atoms with Crippen molar-refractivity contribution in [2.75, 3.05) is 6.54 Å². The second kappa shape index (κ2) is 3.35. The minimum atomic E-state index is 0.520. The van der Waals surface area contributed by atoms with Crippen molar-refractivity contribution in [1.29, 1.82) is 0 Å². The predicted octanol–water partition coefficient (Wildman–Crippen LogP) is 2.10. The van der Waals surface area contributed by atoms with E-state index in [-0.39, 0.29) is 0 Å². The van der Waals surface area contributed by atoms with E-state index in [1.54, 1.807) is 0 Å². The van der Waals surface area contributed by atoms with Crippen LogP contribution in [0.3, 0.4) is 0 Å². The third-order valence-electron chi connectivity index (χ3n) is 1.66. The normalized spacial score (nSPS) is 45.0. The van der Waals surface area contributed by atoms with Crippen molar-refractivity contribution in [3.63, 3.8) is 0 Å². The van der Waals surface area contributed by atoms with E-state index in [4.69, 9.17) is 0 Å². The first-order chi connectivity index (χ1) is 4.20. The Morgan fingerprint density at radius 1 is 1.44 bits per heavy atom. The van der Waals surface area contributed by atoms with E-state index in [2.05, 4.69) is 44.1 Å². The molecule has 9 heavy (non-hydrogen) atoms. The molecule has 1 saturated heterocycles. The average Bonchev–Trinajstić information content (AvgIpc) is 1.80. The number of piperidine rings is 1. The third-order valence-corrected chi connectivity index (χ3v) is 3.59. The molecule has 0 aromatic carbocycles. The summed E-state index contributed by atoms with van der Waals surface area (Å²) >= 11 is 7.12. The highest BCUT2D eigenvalue weighted by atomic mass is 79.9. The molecule has 1 nitrogen and oxygen atoms in total. The number of nitrogens with one attached hydrogen (secondary N) is 1. The molecule has 0 aliphatic carbocycles. The number of rotatable bonds is 0. The molecule has 0 saturated carbocycles. The molecule has 0 spiro atoms. The SMILES string of the molecule is CC1CC(Br)CNC1Br. The van der Waals surface area contributed by atoms with Gasteiger partial charge in [-0.05, 0) is 12.3 Å². The zero-order valence-electron chi connectivity index (χ0n) is 5.40. The Morgan fingerprint density at radius 2 is 2.11 bits per heavy atom. The van der Waals surface area contributed by atoms with Crippen LogP contribution in [0.2, 0.25) is 0 Å². The second-order valence-corrected chi connectivity index (χ2v) is 4.90. The summed E-state index contributed by atoms with van der Waals surface area (Å²) in [5, 5.41) is 3.35. The molecule has 0 bridgehead atoms. The highest BCUT2D eigenvalue weighted by molar-refractivity contribution is 9.10. The molecule has 1 aliphatic rings. The first-order valence-corrected chi connectivity index (χ1v) is 5.05. The molecule has 1 rings (SSSR count). The largest absolute Gasteiger partial charge is 0.303 e. The maximum absolute atomic E-state index is 3.57. The highest BCUT2D eigenvalue weighted by Gasteiger charge is 2.22. The molecular weight excluding hydrogens is 246 g/mol. The van der Waals surface area contributed by atoms with Crippen LogP contribution in [0.5, 0.6) is 0 Å². The Balaban J connectivity index is 2.35. The lowest BCUT2D eigenvalue weighted by atomic mass is 10.0. The standard InChI is InChI=1S/C6H11Br2N/c1-4-2-5(7)3-9-6(4)8/h4-6,9H,2-3H2,1H3. The van der Waals surface area contributed by atoms with E-state index in [9.17, 15) is 0 Å². The quantitative estimate of drug-likeness (QED) is 0.517. The van der Waals surface area contributed by atoms with Crippen LogP contribution in [0.25, 0.3) is 0 Å². The van der Waals surface area contributed by atoms with Crippen molar-refractivity contribution in [3.05, 3.63) is 0 Å². The van der Waals surface area contributed by atoms with Gasteiger partial charge in [0, 0.05) is 11.4 Å². The maximum Gasteiger partial charge on any atom is 0.0657 e. The molecule has 1 N–H and O–H groups in total. The summed E-state index contributed by atoms with van der Waals surface area (Å²) in [7, 11) is 0. The van der Waals surface area contributed by atoms with Crippen LogP contribution >= 0.6 is 31.9 Å². The fraction of sp³-hybridized carbons (Fsp3) is 1.00. The zero-order valence-corrected chi connectivity index (χ0v) is 8.57. The Bertz CT molecular complexity index is 97.1. The van der Waals surface area contributed by atoms with Gasteiger partial charge in [-0.1, -0.05) is 38.8 Å². The van der Waals surface area contributed by atoms with Crippen LogP contribution in [0.1, 0.15) is 13.3 Å². The Kier molecular flexibility index (Phi) is 2.99. The molecule has 0 aromatic rings. The van der Waals surface area contributed by atoms with Gasteiger partial charge in [-0.2, -0.15) is 0 Å². The molecule has 3 atom stereocenters. The van der Waals surface area contributed by atoms with Crippen molar-refractivity contribution >= 4 is 31.9 Å². The summed E-state index contributed by atoms with van der Waals surface area (Å²) < 4.78 is 0. The highest BCUT2D eigenvalue weighted by Crippen LogP contribution is 2.23. The molecule has 0 aromatic heterocycles. The summed E-state index contributed by atoms with van der Waals surface area (Å²) in [4.78, 5) is 1.19. The first-order valence-electron chi connectivity index (χ1n) is 3.21. The van der Waals surface area contributed by atoms with Crippen molar-refractivity contribution in [2.24, 2.45) is 5.92 Å². The van der Waals surface area contributed by atoms with Gasteiger partial charge in [0.05, 0.1) is 4.95 Å². The van der Waals surface area contributed by atoms with Gasteiger partial charge in [-0.3, -0.25) is 0 Å². The summed E-state index contributed by atoms with van der Waals surface area (Å²) in [5.74, 6) is 0.739. The van der Waals surface area contributed by atoms with Crippen LogP contribution in [0, 0.1) is 5.92 Å². The Labute approximate surface area is 72.8 Å². The van der Waals surface area contributed by atoms with Crippen LogP contribution < -0.4 is 5.32 Å². The first kappa shape index (κ1) is 8.02. The van der Waals surface area contributed by atoms with Crippen molar-refractivity contribution in [2.45, 2.75) is 23.1 Å². The summed E-state index contributed by atoms with van der Waals surface area (Å²) in [6.45, 7) is 3.33. The average molecular weight is 257 g/mol. The van der Waals surface area contributed by atoms with Crippen molar-refractivity contribution in [3.8, 4) is 0 Å². The number of halogens is 2.